The van der Waals surface area contributed by atoms with Gasteiger partial charge in [0, 0.05) is 12.7 Å². The summed E-state index contributed by atoms with van der Waals surface area (Å²) in [6, 6.07) is 11.6. The minimum Gasteiger partial charge on any atom is -0.495 e. The lowest BCUT2D eigenvalue weighted by Crippen LogP contribution is -2.12. The number of ether oxygens (including phenoxy) is 1. The summed E-state index contributed by atoms with van der Waals surface area (Å²) in [6.45, 7) is 2.01. The summed E-state index contributed by atoms with van der Waals surface area (Å²) in [6.07, 6.45) is 0. The molecule has 2 aromatic rings. The van der Waals surface area contributed by atoms with Crippen molar-refractivity contribution in [2.45, 2.75) is 6.92 Å². The quantitative estimate of drug-likeness (QED) is 0.861. The van der Waals surface area contributed by atoms with E-state index in [9.17, 15) is 0 Å². The second kappa shape index (κ2) is 5.41. The van der Waals surface area contributed by atoms with E-state index in [1.54, 1.807) is 7.11 Å². The van der Waals surface area contributed by atoms with Crippen LogP contribution in [0.3, 0.4) is 0 Å². The molecule has 0 spiro atoms. The van der Waals surface area contributed by atoms with Crippen molar-refractivity contribution < 1.29 is 4.74 Å². The van der Waals surface area contributed by atoms with Crippen LogP contribution < -0.4 is 15.4 Å². The van der Waals surface area contributed by atoms with Gasteiger partial charge in [-0.1, -0.05) is 23.7 Å². The Morgan fingerprint density at radius 3 is 2.53 bits per heavy atom. The summed E-state index contributed by atoms with van der Waals surface area (Å²) >= 11 is 6.11. The van der Waals surface area contributed by atoms with Crippen LogP contribution in [0.2, 0.25) is 5.02 Å². The van der Waals surface area contributed by atoms with Crippen molar-refractivity contribution in [2.75, 3.05) is 24.8 Å². The van der Waals surface area contributed by atoms with Gasteiger partial charge in [-0.25, -0.2) is 0 Å². The molecule has 2 aromatic carbocycles. The van der Waals surface area contributed by atoms with Crippen LogP contribution in [0.4, 0.5) is 17.1 Å². The van der Waals surface area contributed by atoms with Gasteiger partial charge in [-0.15, -0.1) is 0 Å². The summed E-state index contributed by atoms with van der Waals surface area (Å²) < 4.78 is 5.38. The lowest BCUT2D eigenvalue weighted by molar-refractivity contribution is 0.415. The second-order valence-corrected chi connectivity index (χ2v) is 4.80. The number of halogens is 1. The monoisotopic (exact) mass is 276 g/mol. The summed E-state index contributed by atoms with van der Waals surface area (Å²) in [7, 11) is 3.64. The average Bonchev–Trinajstić information content (AvgIpc) is 2.42. The molecule has 0 bridgehead atoms. The molecule has 0 radical (unpaired) electrons. The van der Waals surface area contributed by atoms with Crippen molar-refractivity contribution in [3.8, 4) is 5.75 Å². The molecule has 2 N–H and O–H groups in total. The normalized spacial score (nSPS) is 10.3. The smallest absolute Gasteiger partial charge is 0.142 e. The lowest BCUT2D eigenvalue weighted by atomic mass is 10.1. The summed E-state index contributed by atoms with van der Waals surface area (Å²) in [5, 5.41) is 0.558. The molecule has 0 heterocycles. The Morgan fingerprint density at radius 1 is 1.16 bits per heavy atom. The van der Waals surface area contributed by atoms with Crippen LogP contribution in [-0.4, -0.2) is 14.2 Å². The van der Waals surface area contributed by atoms with E-state index >= 15 is 0 Å². The van der Waals surface area contributed by atoms with Crippen LogP contribution in [0.1, 0.15) is 5.56 Å². The van der Waals surface area contributed by atoms with Crippen LogP contribution in [-0.2, 0) is 0 Å². The molecule has 19 heavy (non-hydrogen) atoms. The highest BCUT2D eigenvalue weighted by Gasteiger charge is 2.13. The van der Waals surface area contributed by atoms with Gasteiger partial charge in [0.2, 0.25) is 0 Å². The molecule has 0 aliphatic rings. The first-order chi connectivity index (χ1) is 9.04. The van der Waals surface area contributed by atoms with Crippen LogP contribution in [0.5, 0.6) is 5.75 Å². The van der Waals surface area contributed by atoms with Gasteiger partial charge in [0.05, 0.1) is 23.5 Å². The number of aryl methyl sites for hydroxylation is 1. The van der Waals surface area contributed by atoms with E-state index in [2.05, 4.69) is 0 Å². The van der Waals surface area contributed by atoms with Crippen LogP contribution in [0, 0.1) is 6.92 Å². The number of para-hydroxylation sites is 2. The minimum atomic E-state index is 0.558. The first-order valence-electron chi connectivity index (χ1n) is 5.97. The van der Waals surface area contributed by atoms with Gasteiger partial charge in [0.15, 0.2) is 0 Å². The molecule has 2 rings (SSSR count). The van der Waals surface area contributed by atoms with Crippen molar-refractivity contribution in [3.63, 3.8) is 0 Å². The summed E-state index contributed by atoms with van der Waals surface area (Å²) in [4.78, 5) is 2.04. The highest BCUT2D eigenvalue weighted by atomic mass is 35.5. The molecule has 0 aliphatic heterocycles. The first kappa shape index (κ1) is 13.6. The molecule has 4 heteroatoms. The minimum absolute atomic E-state index is 0.558. The van der Waals surface area contributed by atoms with Gasteiger partial charge in [0.1, 0.15) is 5.75 Å². The number of hydrogen-bond donors (Lipinski definition) is 1. The molecular weight excluding hydrogens is 260 g/mol. The molecule has 0 aliphatic carbocycles. The largest absolute Gasteiger partial charge is 0.495 e. The number of nitrogen functional groups attached to an aromatic ring is 1. The van der Waals surface area contributed by atoms with Gasteiger partial charge in [-0.2, -0.15) is 0 Å². The maximum atomic E-state index is 6.11. The van der Waals surface area contributed by atoms with E-state index < -0.39 is 0 Å². The Hall–Kier alpha value is -1.87. The number of nitrogens with two attached hydrogens (primary N) is 1. The molecule has 0 aromatic heterocycles. The van der Waals surface area contributed by atoms with Crippen molar-refractivity contribution in [3.05, 3.63) is 47.0 Å². The highest BCUT2D eigenvalue weighted by Crippen LogP contribution is 2.36. The van der Waals surface area contributed by atoms with E-state index in [1.165, 1.54) is 0 Å². The molecule has 3 nitrogen and oxygen atoms in total. The molecule has 0 atom stereocenters. The fourth-order valence-corrected chi connectivity index (χ4v) is 2.25. The highest BCUT2D eigenvalue weighted by molar-refractivity contribution is 6.33. The summed E-state index contributed by atoms with van der Waals surface area (Å²) in [5.41, 5.74) is 9.45. The van der Waals surface area contributed by atoms with Gasteiger partial charge < -0.3 is 15.4 Å². The third kappa shape index (κ3) is 2.61. The maximum absolute atomic E-state index is 6.11. The molecule has 0 fully saturated rings. The van der Waals surface area contributed by atoms with Gasteiger partial charge in [-0.3, -0.25) is 0 Å². The molecule has 0 amide bonds. The zero-order chi connectivity index (χ0) is 14.0. The van der Waals surface area contributed by atoms with Crippen LogP contribution >= 0.6 is 11.6 Å². The second-order valence-electron chi connectivity index (χ2n) is 4.39. The lowest BCUT2D eigenvalue weighted by Gasteiger charge is -2.24. The topological polar surface area (TPSA) is 38.5 Å². The van der Waals surface area contributed by atoms with Crippen molar-refractivity contribution in [2.24, 2.45) is 0 Å². The van der Waals surface area contributed by atoms with Gasteiger partial charge in [-0.05, 0) is 36.8 Å². The Balaban J connectivity index is 2.50. The van der Waals surface area contributed by atoms with E-state index in [0.717, 1.165) is 22.7 Å². The fourth-order valence-electron chi connectivity index (χ4n) is 2.09. The number of methoxy groups -OCH3 is 1. The number of rotatable bonds is 3. The number of nitrogens with zero attached hydrogens (tertiary/aromatic N) is 1. The number of anilines is 3. The summed E-state index contributed by atoms with van der Waals surface area (Å²) in [5.74, 6) is 0.817. The van der Waals surface area contributed by atoms with E-state index in [4.69, 9.17) is 22.1 Å². The Labute approximate surface area is 118 Å². The predicted octanol–water partition coefficient (Wildman–Crippen LogP) is 4.01. The van der Waals surface area contributed by atoms with Gasteiger partial charge in [0.25, 0.3) is 0 Å². The van der Waals surface area contributed by atoms with E-state index in [0.29, 0.717) is 10.7 Å². The Kier molecular flexibility index (Phi) is 3.86. The van der Waals surface area contributed by atoms with Gasteiger partial charge >= 0.3 is 0 Å². The zero-order valence-electron chi connectivity index (χ0n) is 11.3. The Morgan fingerprint density at radius 2 is 1.84 bits per heavy atom. The maximum Gasteiger partial charge on any atom is 0.142 e. The first-order valence-corrected chi connectivity index (χ1v) is 6.34. The van der Waals surface area contributed by atoms with Crippen molar-refractivity contribution in [1.82, 2.24) is 0 Å². The molecule has 0 unspecified atom stereocenters. The van der Waals surface area contributed by atoms with E-state index in [-0.39, 0.29) is 0 Å². The van der Waals surface area contributed by atoms with Crippen molar-refractivity contribution >= 4 is 28.7 Å². The van der Waals surface area contributed by atoms with Crippen LogP contribution in [0.25, 0.3) is 0 Å². The third-order valence-corrected chi connectivity index (χ3v) is 3.45. The SMILES string of the molecule is COc1ccccc1N(C)c1cc(Cl)c(N)cc1C. The molecule has 100 valence electrons. The fraction of sp³-hybridized carbons (Fsp3) is 0.200. The zero-order valence-corrected chi connectivity index (χ0v) is 12.0. The van der Waals surface area contributed by atoms with Crippen molar-refractivity contribution in [1.29, 1.82) is 0 Å². The Bertz CT molecular complexity index is 599. The molecule has 0 saturated heterocycles. The molecular formula is C15H17ClN2O. The van der Waals surface area contributed by atoms with E-state index in [1.807, 2.05) is 55.3 Å². The standard InChI is InChI=1S/C15H17ClN2O/c1-10-8-12(17)11(16)9-14(10)18(2)13-6-4-5-7-15(13)19-3/h4-9H,17H2,1-3H3. The number of hydrogen-bond acceptors (Lipinski definition) is 3. The number of benzene rings is 2. The predicted molar refractivity (Wildman–Crippen MR) is 81.7 cm³/mol. The average molecular weight is 277 g/mol. The molecule has 0 saturated carbocycles. The van der Waals surface area contributed by atoms with Crippen LogP contribution in [0.15, 0.2) is 36.4 Å². The third-order valence-electron chi connectivity index (χ3n) is 3.12.